The Morgan fingerprint density at radius 3 is 2.75 bits per heavy atom. The first-order chi connectivity index (χ1) is 11.2. The van der Waals surface area contributed by atoms with E-state index >= 15 is 0 Å². The molecule has 1 aromatic rings. The van der Waals surface area contributed by atoms with Gasteiger partial charge < -0.3 is 19.7 Å². The third kappa shape index (κ3) is 4.51. The molecule has 0 spiro atoms. The van der Waals surface area contributed by atoms with E-state index in [1.807, 2.05) is 26.8 Å². The van der Waals surface area contributed by atoms with Gasteiger partial charge >= 0.3 is 13.1 Å². The van der Waals surface area contributed by atoms with Crippen LogP contribution in [0.15, 0.2) is 18.2 Å². The van der Waals surface area contributed by atoms with Crippen LogP contribution in [0.1, 0.15) is 50.0 Å². The molecule has 1 atom stereocenters. The van der Waals surface area contributed by atoms with Gasteiger partial charge in [-0.05, 0) is 30.4 Å². The summed E-state index contributed by atoms with van der Waals surface area (Å²) in [5.74, 6) is -0.855. The second-order valence-electron chi connectivity index (χ2n) is 7.14. The molecule has 130 valence electrons. The maximum atomic E-state index is 12.1. The normalized spacial score (nSPS) is 16.9. The van der Waals surface area contributed by atoms with Crippen LogP contribution in [-0.4, -0.2) is 36.6 Å². The molecule has 0 aromatic heterocycles. The molecule has 0 radical (unpaired) electrons. The van der Waals surface area contributed by atoms with E-state index in [1.165, 1.54) is 0 Å². The van der Waals surface area contributed by atoms with Gasteiger partial charge in [-0.15, -0.1) is 0 Å². The maximum absolute atomic E-state index is 12.1. The van der Waals surface area contributed by atoms with Crippen molar-refractivity contribution in [2.24, 2.45) is 5.41 Å². The second-order valence-corrected chi connectivity index (χ2v) is 7.14. The molecule has 1 aliphatic heterocycles. The van der Waals surface area contributed by atoms with Crippen LogP contribution in [0.5, 0.6) is 5.75 Å². The van der Waals surface area contributed by atoms with Gasteiger partial charge in [0.05, 0.1) is 12.5 Å². The lowest BCUT2D eigenvalue weighted by atomic mass is 9.72. The smallest absolute Gasteiger partial charge is 0.534 e. The summed E-state index contributed by atoms with van der Waals surface area (Å²) < 4.78 is 10.5. The number of para-hydroxylation sites is 1. The number of ether oxygens (including phenoxy) is 1. The zero-order chi connectivity index (χ0) is 17.9. The number of rotatable bonds is 4. The number of hydrogen-bond donors (Lipinski definition) is 2. The minimum atomic E-state index is -1.21. The lowest BCUT2D eigenvalue weighted by Crippen LogP contribution is -2.53. The van der Waals surface area contributed by atoms with Crippen LogP contribution in [0.3, 0.4) is 0 Å². The molecule has 6 nitrogen and oxygen atoms in total. The van der Waals surface area contributed by atoms with Crippen molar-refractivity contribution in [2.45, 2.75) is 46.5 Å². The van der Waals surface area contributed by atoms with Crippen molar-refractivity contribution in [2.75, 3.05) is 6.61 Å². The van der Waals surface area contributed by atoms with E-state index < -0.39 is 19.0 Å². The van der Waals surface area contributed by atoms with Crippen molar-refractivity contribution >= 4 is 19.0 Å². The average molecular weight is 333 g/mol. The minimum absolute atomic E-state index is 0.139. The third-order valence-electron chi connectivity index (χ3n) is 3.65. The number of carbonyl (C=O) groups is 2. The summed E-state index contributed by atoms with van der Waals surface area (Å²) in [6, 6.07) is 5.15. The summed E-state index contributed by atoms with van der Waals surface area (Å²) in [5.41, 5.74) is 0.902. The number of nitrogens with one attached hydrogen (secondary N) is 1. The van der Waals surface area contributed by atoms with Crippen molar-refractivity contribution in [1.29, 1.82) is 0 Å². The van der Waals surface area contributed by atoms with Crippen molar-refractivity contribution in [3.05, 3.63) is 29.3 Å². The second kappa shape index (κ2) is 7.26. The van der Waals surface area contributed by atoms with Gasteiger partial charge in [0, 0.05) is 6.42 Å². The highest BCUT2D eigenvalue weighted by atomic mass is 16.5. The number of carbonyl (C=O) groups excluding carboxylic acids is 2. The largest absolute Gasteiger partial charge is 0.547 e. The number of hydrogen-bond acceptors (Lipinski definition) is 5. The zero-order valence-corrected chi connectivity index (χ0v) is 14.6. The summed E-state index contributed by atoms with van der Waals surface area (Å²) in [4.78, 5) is 24.1. The van der Waals surface area contributed by atoms with Gasteiger partial charge in [-0.1, -0.05) is 32.9 Å². The Kier molecular flexibility index (Phi) is 5.54. The Balaban J connectivity index is 2.15. The van der Waals surface area contributed by atoms with Crippen molar-refractivity contribution in [3.63, 3.8) is 0 Å². The van der Waals surface area contributed by atoms with Gasteiger partial charge in [-0.3, -0.25) is 4.79 Å². The molecule has 7 heteroatoms. The van der Waals surface area contributed by atoms with E-state index in [0.717, 1.165) is 5.56 Å². The Morgan fingerprint density at radius 2 is 2.12 bits per heavy atom. The molecule has 2 rings (SSSR count). The Hall–Kier alpha value is -2.02. The first kappa shape index (κ1) is 18.3. The van der Waals surface area contributed by atoms with Crippen LogP contribution in [0, 0.1) is 5.41 Å². The highest BCUT2D eigenvalue weighted by Crippen LogP contribution is 2.30. The van der Waals surface area contributed by atoms with Gasteiger partial charge in [0.15, 0.2) is 0 Å². The van der Waals surface area contributed by atoms with Gasteiger partial charge in [-0.2, -0.15) is 0 Å². The Bertz CT molecular complexity index is 626. The van der Waals surface area contributed by atoms with E-state index in [2.05, 4.69) is 5.32 Å². The van der Waals surface area contributed by atoms with E-state index in [4.69, 9.17) is 9.39 Å². The zero-order valence-electron chi connectivity index (χ0n) is 14.6. The van der Waals surface area contributed by atoms with Crippen molar-refractivity contribution in [3.8, 4) is 5.75 Å². The predicted molar refractivity (Wildman–Crippen MR) is 90.7 cm³/mol. The molecule has 1 aliphatic rings. The fraction of sp³-hybridized carbons (Fsp3) is 0.529. The molecule has 2 N–H and O–H groups in total. The fourth-order valence-electron chi connectivity index (χ4n) is 2.66. The van der Waals surface area contributed by atoms with E-state index in [0.29, 0.717) is 18.6 Å². The van der Waals surface area contributed by atoms with Crippen LogP contribution in [0.2, 0.25) is 0 Å². The average Bonchev–Trinajstić information content (AvgIpc) is 2.45. The first-order valence-electron chi connectivity index (χ1n) is 8.14. The number of benzene rings is 1. The Morgan fingerprint density at radius 1 is 1.42 bits per heavy atom. The standard InChI is InChI=1S/C17H24BNO5/c1-5-23-16(21)12-8-6-7-11-9-13(18(22)24-15(11)12)19-14(20)10-17(2,3)4/h6-8,13,22H,5,9-10H2,1-4H3,(H,19,20)/t13-/m0/s1. The summed E-state index contributed by atoms with van der Waals surface area (Å²) in [5, 5.41) is 13.0. The van der Waals surface area contributed by atoms with E-state index in [1.54, 1.807) is 19.1 Å². The summed E-state index contributed by atoms with van der Waals surface area (Å²) >= 11 is 0. The molecular formula is C17H24BNO5. The van der Waals surface area contributed by atoms with Gasteiger partial charge in [0.1, 0.15) is 11.3 Å². The maximum Gasteiger partial charge on any atom is 0.547 e. The highest BCUT2D eigenvalue weighted by Gasteiger charge is 2.38. The third-order valence-corrected chi connectivity index (χ3v) is 3.65. The SMILES string of the molecule is CCOC(=O)c1cccc2c1OB(O)[C@@H](NC(=O)CC(C)(C)C)C2. The summed E-state index contributed by atoms with van der Waals surface area (Å²) in [6.45, 7) is 7.91. The summed E-state index contributed by atoms with van der Waals surface area (Å²) in [6.07, 6.45) is 0.742. The molecule has 0 fully saturated rings. The van der Waals surface area contributed by atoms with Crippen molar-refractivity contribution in [1.82, 2.24) is 5.32 Å². The van der Waals surface area contributed by atoms with Crippen molar-refractivity contribution < 1.29 is 24.0 Å². The molecule has 1 aromatic carbocycles. The number of esters is 1. The molecule has 0 bridgehead atoms. The Labute approximate surface area is 142 Å². The molecule has 24 heavy (non-hydrogen) atoms. The number of fused-ring (bicyclic) bond motifs is 1. The predicted octanol–water partition coefficient (Wildman–Crippen LogP) is 1.74. The quantitative estimate of drug-likeness (QED) is 0.648. The molecule has 0 saturated carbocycles. The van der Waals surface area contributed by atoms with Crippen LogP contribution in [-0.2, 0) is 16.0 Å². The minimum Gasteiger partial charge on any atom is -0.534 e. The molecule has 1 heterocycles. The molecule has 0 saturated heterocycles. The molecule has 1 amide bonds. The van der Waals surface area contributed by atoms with Crippen LogP contribution in [0.25, 0.3) is 0 Å². The lowest BCUT2D eigenvalue weighted by molar-refractivity contribution is -0.123. The van der Waals surface area contributed by atoms with E-state index in [-0.39, 0.29) is 23.5 Å². The number of amides is 1. The van der Waals surface area contributed by atoms with Gasteiger partial charge in [0.2, 0.25) is 5.91 Å². The van der Waals surface area contributed by atoms with Gasteiger partial charge in [0.25, 0.3) is 0 Å². The summed E-state index contributed by atoms with van der Waals surface area (Å²) in [7, 11) is -1.21. The first-order valence-corrected chi connectivity index (χ1v) is 8.14. The molecule has 0 aliphatic carbocycles. The fourth-order valence-corrected chi connectivity index (χ4v) is 2.66. The highest BCUT2D eigenvalue weighted by molar-refractivity contribution is 6.47. The lowest BCUT2D eigenvalue weighted by Gasteiger charge is -2.30. The van der Waals surface area contributed by atoms with E-state index in [9.17, 15) is 14.6 Å². The topological polar surface area (TPSA) is 84.9 Å². The van der Waals surface area contributed by atoms with Crippen LogP contribution >= 0.6 is 0 Å². The van der Waals surface area contributed by atoms with Crippen LogP contribution in [0.4, 0.5) is 0 Å². The molecular weight excluding hydrogens is 309 g/mol. The monoisotopic (exact) mass is 333 g/mol. The molecule has 0 unspecified atom stereocenters. The van der Waals surface area contributed by atoms with Crippen LogP contribution < -0.4 is 9.97 Å². The van der Waals surface area contributed by atoms with Gasteiger partial charge in [-0.25, -0.2) is 4.79 Å².